The van der Waals surface area contributed by atoms with Crippen LogP contribution < -0.4 is 10.1 Å². The predicted molar refractivity (Wildman–Crippen MR) is 105 cm³/mol. The maximum atomic E-state index is 12.7. The number of likely N-dealkylation sites (N-methyl/N-ethyl adjacent to an activating group) is 1. The zero-order valence-electron chi connectivity index (χ0n) is 15.2. The van der Waals surface area contributed by atoms with Gasteiger partial charge in [-0.2, -0.15) is 0 Å². The first-order valence-corrected chi connectivity index (χ1v) is 9.15. The van der Waals surface area contributed by atoms with Gasteiger partial charge in [0.25, 0.3) is 5.91 Å². The summed E-state index contributed by atoms with van der Waals surface area (Å²) in [6.07, 6.45) is 0. The number of rotatable bonds is 7. The number of amides is 2. The molecular formula is C20H23BrN2O3. The topological polar surface area (TPSA) is 58.6 Å². The van der Waals surface area contributed by atoms with Gasteiger partial charge < -0.3 is 15.0 Å². The Bertz CT molecular complexity index is 765. The SMILES string of the molecule is CNC(=O)[C@@H](C)N(Cc1ccccc1)C(=O)COc1ccc(Br)c(C)c1. The van der Waals surface area contributed by atoms with Gasteiger partial charge in [-0.15, -0.1) is 0 Å². The number of benzene rings is 2. The van der Waals surface area contributed by atoms with Crippen molar-refractivity contribution in [2.45, 2.75) is 26.4 Å². The van der Waals surface area contributed by atoms with Crippen LogP contribution in [0.25, 0.3) is 0 Å². The molecule has 0 aromatic heterocycles. The second kappa shape index (κ2) is 9.38. The molecule has 0 unspecified atom stereocenters. The molecule has 0 aliphatic carbocycles. The molecule has 0 saturated carbocycles. The molecule has 0 saturated heterocycles. The fraction of sp³-hybridized carbons (Fsp3) is 0.300. The van der Waals surface area contributed by atoms with Gasteiger partial charge in [-0.3, -0.25) is 9.59 Å². The highest BCUT2D eigenvalue weighted by Gasteiger charge is 2.25. The largest absolute Gasteiger partial charge is 0.484 e. The lowest BCUT2D eigenvalue weighted by atomic mass is 10.1. The summed E-state index contributed by atoms with van der Waals surface area (Å²) in [5.74, 6) is 0.158. The van der Waals surface area contributed by atoms with Gasteiger partial charge in [-0.25, -0.2) is 0 Å². The molecule has 0 spiro atoms. The number of ether oxygens (including phenoxy) is 1. The summed E-state index contributed by atoms with van der Waals surface area (Å²) in [5, 5.41) is 2.59. The van der Waals surface area contributed by atoms with E-state index >= 15 is 0 Å². The molecule has 6 heteroatoms. The molecule has 26 heavy (non-hydrogen) atoms. The Balaban J connectivity index is 2.11. The minimum atomic E-state index is -0.594. The third-order valence-corrected chi connectivity index (χ3v) is 4.99. The number of nitrogens with one attached hydrogen (secondary N) is 1. The number of hydrogen-bond donors (Lipinski definition) is 1. The maximum absolute atomic E-state index is 12.7. The van der Waals surface area contributed by atoms with Crippen LogP contribution in [0.15, 0.2) is 53.0 Å². The first-order valence-electron chi connectivity index (χ1n) is 8.36. The van der Waals surface area contributed by atoms with Crippen LogP contribution in [0.4, 0.5) is 0 Å². The molecule has 2 aromatic carbocycles. The van der Waals surface area contributed by atoms with E-state index in [0.29, 0.717) is 12.3 Å². The van der Waals surface area contributed by atoms with E-state index in [-0.39, 0.29) is 18.4 Å². The van der Waals surface area contributed by atoms with Crippen molar-refractivity contribution in [3.63, 3.8) is 0 Å². The van der Waals surface area contributed by atoms with Crippen LogP contribution in [0.3, 0.4) is 0 Å². The third kappa shape index (κ3) is 5.33. The Hall–Kier alpha value is -2.34. The molecule has 2 aromatic rings. The second-order valence-electron chi connectivity index (χ2n) is 6.00. The number of aryl methyl sites for hydroxylation is 1. The average molecular weight is 419 g/mol. The molecule has 138 valence electrons. The average Bonchev–Trinajstić information content (AvgIpc) is 2.66. The first kappa shape index (κ1) is 20.0. The molecular weight excluding hydrogens is 396 g/mol. The van der Waals surface area contributed by atoms with Crippen LogP contribution in [0.5, 0.6) is 5.75 Å². The zero-order chi connectivity index (χ0) is 19.1. The molecule has 1 atom stereocenters. The number of carbonyl (C=O) groups is 2. The summed E-state index contributed by atoms with van der Waals surface area (Å²) >= 11 is 3.44. The monoisotopic (exact) mass is 418 g/mol. The van der Waals surface area contributed by atoms with Crippen LogP contribution in [0.1, 0.15) is 18.1 Å². The molecule has 0 bridgehead atoms. The number of nitrogens with zero attached hydrogens (tertiary/aromatic N) is 1. The predicted octanol–water partition coefficient (Wildman–Crippen LogP) is 3.30. The Labute approximate surface area is 162 Å². The van der Waals surface area contributed by atoms with E-state index in [9.17, 15) is 9.59 Å². The third-order valence-electron chi connectivity index (χ3n) is 4.10. The van der Waals surface area contributed by atoms with E-state index < -0.39 is 6.04 Å². The van der Waals surface area contributed by atoms with Crippen LogP contribution >= 0.6 is 15.9 Å². The van der Waals surface area contributed by atoms with Crippen molar-refractivity contribution < 1.29 is 14.3 Å². The van der Waals surface area contributed by atoms with E-state index in [1.165, 1.54) is 4.90 Å². The Morgan fingerprint density at radius 2 is 1.88 bits per heavy atom. The molecule has 0 radical (unpaired) electrons. The Morgan fingerprint density at radius 3 is 2.50 bits per heavy atom. The minimum absolute atomic E-state index is 0.130. The van der Waals surface area contributed by atoms with Gasteiger partial charge >= 0.3 is 0 Å². The fourth-order valence-electron chi connectivity index (χ4n) is 2.51. The van der Waals surface area contributed by atoms with Crippen molar-refractivity contribution in [1.29, 1.82) is 0 Å². The van der Waals surface area contributed by atoms with Gasteiger partial charge in [0, 0.05) is 18.1 Å². The van der Waals surface area contributed by atoms with Gasteiger partial charge in [0.2, 0.25) is 5.91 Å². The van der Waals surface area contributed by atoms with E-state index in [2.05, 4.69) is 21.2 Å². The van der Waals surface area contributed by atoms with Gasteiger partial charge in [-0.1, -0.05) is 46.3 Å². The van der Waals surface area contributed by atoms with E-state index in [1.807, 2.05) is 49.4 Å². The maximum Gasteiger partial charge on any atom is 0.261 e. The van der Waals surface area contributed by atoms with Gasteiger partial charge in [-0.05, 0) is 43.2 Å². The number of hydrogen-bond acceptors (Lipinski definition) is 3. The molecule has 0 aliphatic rings. The minimum Gasteiger partial charge on any atom is -0.484 e. The smallest absolute Gasteiger partial charge is 0.261 e. The summed E-state index contributed by atoms with van der Waals surface area (Å²) in [6, 6.07) is 14.5. The van der Waals surface area contributed by atoms with Crippen LogP contribution in [-0.4, -0.2) is 36.4 Å². The summed E-state index contributed by atoms with van der Waals surface area (Å²) in [6.45, 7) is 3.88. The van der Waals surface area contributed by atoms with Crippen molar-refractivity contribution in [1.82, 2.24) is 10.2 Å². The van der Waals surface area contributed by atoms with Gasteiger partial charge in [0.15, 0.2) is 6.61 Å². The summed E-state index contributed by atoms with van der Waals surface area (Å²) in [5.41, 5.74) is 1.98. The van der Waals surface area contributed by atoms with E-state index in [1.54, 1.807) is 20.0 Å². The molecule has 0 fully saturated rings. The molecule has 1 N–H and O–H groups in total. The van der Waals surface area contributed by atoms with Crippen molar-refractivity contribution >= 4 is 27.7 Å². The Kier molecular flexibility index (Phi) is 7.21. The molecule has 2 amide bonds. The quantitative estimate of drug-likeness (QED) is 0.750. The molecule has 0 aliphatic heterocycles. The number of halogens is 1. The Morgan fingerprint density at radius 1 is 1.19 bits per heavy atom. The highest BCUT2D eigenvalue weighted by molar-refractivity contribution is 9.10. The highest BCUT2D eigenvalue weighted by atomic mass is 79.9. The van der Waals surface area contributed by atoms with Crippen LogP contribution in [0, 0.1) is 6.92 Å². The molecule has 0 heterocycles. The number of carbonyl (C=O) groups excluding carboxylic acids is 2. The second-order valence-corrected chi connectivity index (χ2v) is 6.85. The van der Waals surface area contributed by atoms with Crippen molar-refractivity contribution in [2.24, 2.45) is 0 Å². The lowest BCUT2D eigenvalue weighted by Crippen LogP contribution is -2.48. The first-order chi connectivity index (χ1) is 12.4. The van der Waals surface area contributed by atoms with Crippen LogP contribution in [0.2, 0.25) is 0 Å². The summed E-state index contributed by atoms with van der Waals surface area (Å²) < 4.78 is 6.62. The van der Waals surface area contributed by atoms with Crippen molar-refractivity contribution in [3.8, 4) is 5.75 Å². The molecule has 2 rings (SSSR count). The summed E-state index contributed by atoms with van der Waals surface area (Å²) in [4.78, 5) is 26.3. The van der Waals surface area contributed by atoms with Crippen LogP contribution in [-0.2, 0) is 16.1 Å². The van der Waals surface area contributed by atoms with E-state index in [4.69, 9.17) is 4.74 Å². The summed E-state index contributed by atoms with van der Waals surface area (Å²) in [7, 11) is 1.56. The lowest BCUT2D eigenvalue weighted by molar-refractivity contribution is -0.142. The van der Waals surface area contributed by atoms with Gasteiger partial charge in [0.1, 0.15) is 11.8 Å². The standard InChI is InChI=1S/C20H23BrN2O3/c1-14-11-17(9-10-18(14)21)26-13-19(24)23(15(2)20(25)22-3)12-16-7-5-4-6-8-16/h4-11,15H,12-13H2,1-3H3,(H,22,25)/t15-/m1/s1. The van der Waals surface area contributed by atoms with Crippen molar-refractivity contribution in [2.75, 3.05) is 13.7 Å². The fourth-order valence-corrected chi connectivity index (χ4v) is 2.75. The van der Waals surface area contributed by atoms with Crippen molar-refractivity contribution in [3.05, 3.63) is 64.1 Å². The van der Waals surface area contributed by atoms with E-state index in [0.717, 1.165) is 15.6 Å². The van der Waals surface area contributed by atoms with Gasteiger partial charge in [0.05, 0.1) is 0 Å². The molecule has 5 nitrogen and oxygen atoms in total. The lowest BCUT2D eigenvalue weighted by Gasteiger charge is -2.28. The highest BCUT2D eigenvalue weighted by Crippen LogP contribution is 2.21. The zero-order valence-corrected chi connectivity index (χ0v) is 16.7. The normalized spacial score (nSPS) is 11.5.